The molecule has 0 unspecified atom stereocenters. The summed E-state index contributed by atoms with van der Waals surface area (Å²) in [6, 6.07) is 3.91. The molecule has 6 heteroatoms. The van der Waals surface area contributed by atoms with Crippen LogP contribution in [-0.4, -0.2) is 24.1 Å². The van der Waals surface area contributed by atoms with Crippen molar-refractivity contribution in [2.24, 2.45) is 7.05 Å². The van der Waals surface area contributed by atoms with Gasteiger partial charge < -0.3 is 4.57 Å². The number of hydrogen-bond acceptors (Lipinski definition) is 3. The summed E-state index contributed by atoms with van der Waals surface area (Å²) in [6.07, 6.45) is 5.44. The number of fused-ring (bicyclic) bond motifs is 1. The first-order valence-electron chi connectivity index (χ1n) is 4.73. The van der Waals surface area contributed by atoms with Gasteiger partial charge in [-0.1, -0.05) is 0 Å². The van der Waals surface area contributed by atoms with E-state index in [0.29, 0.717) is 0 Å². The van der Waals surface area contributed by atoms with Gasteiger partial charge in [-0.25, -0.2) is 4.98 Å². The number of rotatable bonds is 1. The van der Waals surface area contributed by atoms with Crippen LogP contribution in [0.4, 0.5) is 0 Å². The van der Waals surface area contributed by atoms with Crippen molar-refractivity contribution in [1.82, 2.24) is 24.1 Å². The van der Waals surface area contributed by atoms with Crippen LogP contribution in [0.2, 0.25) is 0 Å². The Morgan fingerprint density at radius 1 is 1.31 bits per heavy atom. The van der Waals surface area contributed by atoms with E-state index >= 15 is 0 Å². The molecule has 3 aromatic rings. The molecule has 0 radical (unpaired) electrons. The second-order valence-electron chi connectivity index (χ2n) is 3.48. The van der Waals surface area contributed by atoms with Crippen LogP contribution in [0.5, 0.6) is 0 Å². The predicted molar refractivity (Wildman–Crippen MR) is 62.9 cm³/mol. The van der Waals surface area contributed by atoms with Gasteiger partial charge in [0.25, 0.3) is 0 Å². The van der Waals surface area contributed by atoms with E-state index in [1.165, 1.54) is 0 Å². The average Bonchev–Trinajstić information content (AvgIpc) is 2.83. The highest BCUT2D eigenvalue weighted by Gasteiger charge is 2.10. The normalized spacial score (nSPS) is 11.1. The SMILES string of the molecule is Cn1cnnc1-c1cnc2ccc(Br)cn12. The van der Waals surface area contributed by atoms with Crippen LogP contribution in [-0.2, 0) is 7.05 Å². The van der Waals surface area contributed by atoms with Crippen molar-refractivity contribution in [3.63, 3.8) is 0 Å². The summed E-state index contributed by atoms with van der Waals surface area (Å²) in [4.78, 5) is 4.32. The Morgan fingerprint density at radius 3 is 2.94 bits per heavy atom. The molecule has 16 heavy (non-hydrogen) atoms. The van der Waals surface area contributed by atoms with E-state index in [1.54, 1.807) is 12.5 Å². The molecule has 0 aliphatic heterocycles. The fraction of sp³-hybridized carbons (Fsp3) is 0.100. The molecule has 0 aliphatic carbocycles. The van der Waals surface area contributed by atoms with E-state index < -0.39 is 0 Å². The second kappa shape index (κ2) is 3.41. The molecule has 0 N–H and O–H groups in total. The third-order valence-electron chi connectivity index (χ3n) is 2.41. The average molecular weight is 278 g/mol. The zero-order valence-corrected chi connectivity index (χ0v) is 10.1. The van der Waals surface area contributed by atoms with E-state index in [2.05, 4.69) is 31.1 Å². The third-order valence-corrected chi connectivity index (χ3v) is 2.88. The summed E-state index contributed by atoms with van der Waals surface area (Å²) in [5.74, 6) is 0.797. The number of imidazole rings is 1. The van der Waals surface area contributed by atoms with Gasteiger partial charge in [0.05, 0.1) is 6.20 Å². The molecule has 3 heterocycles. The summed E-state index contributed by atoms with van der Waals surface area (Å²) in [5.41, 5.74) is 1.82. The molecule has 80 valence electrons. The Bertz CT molecular complexity index is 654. The summed E-state index contributed by atoms with van der Waals surface area (Å²) in [6.45, 7) is 0. The summed E-state index contributed by atoms with van der Waals surface area (Å²) in [5, 5.41) is 7.94. The van der Waals surface area contributed by atoms with Gasteiger partial charge >= 0.3 is 0 Å². The highest BCUT2D eigenvalue weighted by molar-refractivity contribution is 9.10. The van der Waals surface area contributed by atoms with Crippen LogP contribution in [0.15, 0.2) is 35.3 Å². The molecule has 0 spiro atoms. The molecule has 0 aliphatic rings. The number of hydrogen-bond donors (Lipinski definition) is 0. The molecule has 0 saturated carbocycles. The lowest BCUT2D eigenvalue weighted by atomic mass is 10.4. The van der Waals surface area contributed by atoms with Crippen LogP contribution < -0.4 is 0 Å². The van der Waals surface area contributed by atoms with Crippen LogP contribution in [0.3, 0.4) is 0 Å². The zero-order chi connectivity index (χ0) is 11.1. The molecule has 3 rings (SSSR count). The first-order valence-corrected chi connectivity index (χ1v) is 5.52. The first kappa shape index (κ1) is 9.53. The molecule has 0 atom stereocenters. The van der Waals surface area contributed by atoms with Gasteiger partial charge in [0.1, 0.15) is 17.7 Å². The number of pyridine rings is 1. The van der Waals surface area contributed by atoms with Crippen molar-refractivity contribution < 1.29 is 0 Å². The number of halogens is 1. The standard InChI is InChI=1S/C10H8BrN5/c1-15-6-13-14-10(15)8-4-12-9-3-2-7(11)5-16(8)9/h2-6H,1H3. The lowest BCUT2D eigenvalue weighted by Crippen LogP contribution is -1.95. The van der Waals surface area contributed by atoms with Crippen molar-refractivity contribution in [3.05, 3.63) is 35.3 Å². The quantitative estimate of drug-likeness (QED) is 0.683. The number of aryl methyl sites for hydroxylation is 1. The monoisotopic (exact) mass is 277 g/mol. The number of aromatic nitrogens is 5. The fourth-order valence-electron chi connectivity index (χ4n) is 1.64. The molecular weight excluding hydrogens is 270 g/mol. The van der Waals surface area contributed by atoms with Crippen molar-refractivity contribution >= 4 is 21.6 Å². The van der Waals surface area contributed by atoms with Gasteiger partial charge in [0, 0.05) is 17.7 Å². The highest BCUT2D eigenvalue weighted by atomic mass is 79.9. The summed E-state index contributed by atoms with van der Waals surface area (Å²) < 4.78 is 4.85. The predicted octanol–water partition coefficient (Wildman–Crippen LogP) is 1.89. The maximum absolute atomic E-state index is 4.32. The fourth-order valence-corrected chi connectivity index (χ4v) is 1.97. The molecule has 3 aromatic heterocycles. The van der Waals surface area contributed by atoms with Gasteiger partial charge in [0.15, 0.2) is 5.82 Å². The summed E-state index contributed by atoms with van der Waals surface area (Å²) >= 11 is 3.44. The Morgan fingerprint density at radius 2 is 2.19 bits per heavy atom. The van der Waals surface area contributed by atoms with Crippen molar-refractivity contribution in [3.8, 4) is 11.5 Å². The minimum absolute atomic E-state index is 0.797. The van der Waals surface area contributed by atoms with E-state index in [-0.39, 0.29) is 0 Å². The van der Waals surface area contributed by atoms with Crippen LogP contribution in [0.1, 0.15) is 0 Å². The summed E-state index contributed by atoms with van der Waals surface area (Å²) in [7, 11) is 1.91. The first-order chi connectivity index (χ1) is 7.75. The van der Waals surface area contributed by atoms with Gasteiger partial charge in [-0.2, -0.15) is 0 Å². The van der Waals surface area contributed by atoms with Gasteiger partial charge in [0.2, 0.25) is 0 Å². The van der Waals surface area contributed by atoms with Gasteiger partial charge in [-0.3, -0.25) is 4.40 Å². The zero-order valence-electron chi connectivity index (χ0n) is 8.50. The van der Waals surface area contributed by atoms with Crippen LogP contribution in [0, 0.1) is 0 Å². The largest absolute Gasteiger partial charge is 0.315 e. The van der Waals surface area contributed by atoms with Crippen LogP contribution >= 0.6 is 15.9 Å². The van der Waals surface area contributed by atoms with E-state index in [0.717, 1.165) is 21.6 Å². The molecule has 0 aromatic carbocycles. The van der Waals surface area contributed by atoms with E-state index in [1.807, 2.05) is 34.3 Å². The minimum Gasteiger partial charge on any atom is -0.315 e. The van der Waals surface area contributed by atoms with Crippen molar-refractivity contribution in [2.45, 2.75) is 0 Å². The molecule has 5 nitrogen and oxygen atoms in total. The van der Waals surface area contributed by atoms with E-state index in [9.17, 15) is 0 Å². The molecular formula is C10H8BrN5. The smallest absolute Gasteiger partial charge is 0.182 e. The highest BCUT2D eigenvalue weighted by Crippen LogP contribution is 2.20. The van der Waals surface area contributed by atoms with Gasteiger partial charge in [-0.15, -0.1) is 10.2 Å². The molecule has 0 saturated heterocycles. The second-order valence-corrected chi connectivity index (χ2v) is 4.40. The third kappa shape index (κ3) is 1.34. The molecule has 0 bridgehead atoms. The Hall–Kier alpha value is -1.69. The maximum Gasteiger partial charge on any atom is 0.182 e. The van der Waals surface area contributed by atoms with Crippen molar-refractivity contribution in [1.29, 1.82) is 0 Å². The topological polar surface area (TPSA) is 48.0 Å². The van der Waals surface area contributed by atoms with Crippen LogP contribution in [0.25, 0.3) is 17.2 Å². The lowest BCUT2D eigenvalue weighted by Gasteiger charge is -2.01. The maximum atomic E-state index is 4.32. The minimum atomic E-state index is 0.797. The van der Waals surface area contributed by atoms with Gasteiger partial charge in [-0.05, 0) is 28.1 Å². The van der Waals surface area contributed by atoms with Crippen molar-refractivity contribution in [2.75, 3.05) is 0 Å². The Labute approximate surface area is 99.9 Å². The Kier molecular flexibility index (Phi) is 2.03. The lowest BCUT2D eigenvalue weighted by molar-refractivity contribution is 0.911. The Balaban J connectivity index is 2.32. The van der Waals surface area contributed by atoms with E-state index in [4.69, 9.17) is 0 Å². The molecule has 0 fully saturated rings. The number of nitrogens with zero attached hydrogens (tertiary/aromatic N) is 5. The molecule has 0 amide bonds.